The van der Waals surface area contributed by atoms with Gasteiger partial charge in [0.2, 0.25) is 0 Å². The number of aromatic nitrogens is 7. The van der Waals surface area contributed by atoms with E-state index in [0.717, 1.165) is 47.5 Å². The average molecular weight is 476 g/mol. The first kappa shape index (κ1) is 22.3. The van der Waals surface area contributed by atoms with Crippen LogP contribution in [0.25, 0.3) is 22.8 Å². The van der Waals surface area contributed by atoms with Crippen molar-refractivity contribution in [2.75, 3.05) is 0 Å². The van der Waals surface area contributed by atoms with Gasteiger partial charge in [-0.1, -0.05) is 49.4 Å². The number of aromatic amines is 1. The molecule has 0 saturated carbocycles. The molecule has 1 unspecified atom stereocenters. The average Bonchev–Trinajstić information content (AvgIpc) is 3.50. The Morgan fingerprint density at radius 1 is 1.00 bits per heavy atom. The molecule has 7 heteroatoms. The van der Waals surface area contributed by atoms with E-state index in [1.165, 1.54) is 33.4 Å². The zero-order valence-electron chi connectivity index (χ0n) is 21.1. The topological polar surface area (TPSA) is 85.2 Å². The Morgan fingerprint density at radius 3 is 2.61 bits per heavy atom. The van der Waals surface area contributed by atoms with Crippen LogP contribution in [-0.4, -0.2) is 35.2 Å². The molecule has 1 aliphatic rings. The van der Waals surface area contributed by atoms with Crippen molar-refractivity contribution in [3.05, 3.63) is 99.3 Å². The van der Waals surface area contributed by atoms with E-state index < -0.39 is 0 Å². The van der Waals surface area contributed by atoms with Crippen molar-refractivity contribution < 1.29 is 0 Å². The van der Waals surface area contributed by atoms with Gasteiger partial charge >= 0.3 is 0 Å². The number of rotatable bonds is 4. The summed E-state index contributed by atoms with van der Waals surface area (Å²) in [7, 11) is 0. The molecule has 2 aromatic carbocycles. The Kier molecular flexibility index (Phi) is 5.48. The quantitative estimate of drug-likeness (QED) is 0.375. The standard InChI is InChI=1S/C29H29N7/c1-5-27-31-28-17(2)14-18(3)30-29(28)36(27)19(4)21-12-13-24-22(15-21)11-10-20-8-6-7-9-23(20)25(24)16-26-32-34-35-33-26/h6-9,12-16,19H,5,10-11H2,1-4H3,(H,32,33,34,35). The minimum Gasteiger partial charge on any atom is -0.305 e. The van der Waals surface area contributed by atoms with E-state index in [1.807, 2.05) is 0 Å². The number of nitrogens with zero attached hydrogens (tertiary/aromatic N) is 6. The lowest BCUT2D eigenvalue weighted by molar-refractivity contribution is 0.617. The number of aryl methyl sites for hydroxylation is 5. The molecule has 0 spiro atoms. The molecule has 3 aromatic heterocycles. The van der Waals surface area contributed by atoms with Gasteiger partial charge in [-0.3, -0.25) is 0 Å². The first-order chi connectivity index (χ1) is 17.5. The molecule has 0 radical (unpaired) electrons. The fraction of sp³-hybridized carbons (Fsp3) is 0.276. The molecular weight excluding hydrogens is 446 g/mol. The summed E-state index contributed by atoms with van der Waals surface area (Å²) in [6.45, 7) is 8.59. The Balaban J connectivity index is 1.49. The summed E-state index contributed by atoms with van der Waals surface area (Å²) in [5, 5.41) is 14.5. The normalized spacial score (nSPS) is 15.1. The van der Waals surface area contributed by atoms with Gasteiger partial charge in [-0.25, -0.2) is 15.1 Å². The van der Waals surface area contributed by atoms with Gasteiger partial charge in [0.15, 0.2) is 11.5 Å². The molecule has 5 aromatic rings. The number of pyridine rings is 1. The Labute approximate surface area is 210 Å². The summed E-state index contributed by atoms with van der Waals surface area (Å²) in [5.41, 5.74) is 11.7. The van der Waals surface area contributed by atoms with E-state index in [1.54, 1.807) is 0 Å². The van der Waals surface area contributed by atoms with E-state index in [0.29, 0.717) is 5.82 Å². The molecule has 0 amide bonds. The maximum Gasteiger partial charge on any atom is 0.172 e. The lowest BCUT2D eigenvalue weighted by atomic mass is 9.91. The van der Waals surface area contributed by atoms with Gasteiger partial charge in [0.1, 0.15) is 11.3 Å². The molecule has 1 N–H and O–H groups in total. The van der Waals surface area contributed by atoms with E-state index in [2.05, 4.69) is 107 Å². The van der Waals surface area contributed by atoms with Gasteiger partial charge < -0.3 is 4.57 Å². The molecule has 36 heavy (non-hydrogen) atoms. The molecule has 1 atom stereocenters. The number of fused-ring (bicyclic) bond motifs is 3. The van der Waals surface area contributed by atoms with E-state index >= 15 is 0 Å². The number of tetrazole rings is 1. The highest BCUT2D eigenvalue weighted by Gasteiger charge is 2.23. The second-order valence-electron chi connectivity index (χ2n) is 9.60. The van der Waals surface area contributed by atoms with Crippen molar-refractivity contribution in [2.45, 2.75) is 53.0 Å². The van der Waals surface area contributed by atoms with Gasteiger partial charge in [0, 0.05) is 12.1 Å². The van der Waals surface area contributed by atoms with Crippen molar-refractivity contribution in [1.29, 1.82) is 0 Å². The highest BCUT2D eigenvalue weighted by molar-refractivity contribution is 5.93. The highest BCUT2D eigenvalue weighted by Crippen LogP contribution is 2.37. The van der Waals surface area contributed by atoms with E-state index in [4.69, 9.17) is 9.97 Å². The monoisotopic (exact) mass is 475 g/mol. The highest BCUT2D eigenvalue weighted by atomic mass is 15.5. The molecule has 1 aliphatic carbocycles. The number of hydrogen-bond donors (Lipinski definition) is 1. The molecule has 6 rings (SSSR count). The zero-order valence-corrected chi connectivity index (χ0v) is 21.1. The van der Waals surface area contributed by atoms with Crippen molar-refractivity contribution in [1.82, 2.24) is 35.2 Å². The van der Waals surface area contributed by atoms with Gasteiger partial charge in [-0.05, 0) is 95.1 Å². The van der Waals surface area contributed by atoms with Gasteiger partial charge in [-0.2, -0.15) is 0 Å². The van der Waals surface area contributed by atoms with Crippen LogP contribution in [0.2, 0.25) is 0 Å². The lowest BCUT2D eigenvalue weighted by Gasteiger charge is -2.20. The van der Waals surface area contributed by atoms with Gasteiger partial charge in [0.25, 0.3) is 0 Å². The van der Waals surface area contributed by atoms with Gasteiger partial charge in [0.05, 0.1) is 6.04 Å². The van der Waals surface area contributed by atoms with Crippen molar-refractivity contribution >= 4 is 22.8 Å². The Bertz CT molecular complexity index is 1610. The number of imidazole rings is 1. The summed E-state index contributed by atoms with van der Waals surface area (Å²) in [6, 6.07) is 17.7. The minimum absolute atomic E-state index is 0.112. The summed E-state index contributed by atoms with van der Waals surface area (Å²) in [5.74, 6) is 1.72. The minimum atomic E-state index is 0.112. The van der Waals surface area contributed by atoms with Crippen LogP contribution >= 0.6 is 0 Å². The van der Waals surface area contributed by atoms with Crippen LogP contribution in [0.4, 0.5) is 0 Å². The summed E-state index contributed by atoms with van der Waals surface area (Å²) >= 11 is 0. The van der Waals surface area contributed by atoms with Crippen LogP contribution in [-0.2, 0) is 19.3 Å². The molecule has 0 aliphatic heterocycles. The largest absolute Gasteiger partial charge is 0.305 e. The van der Waals surface area contributed by atoms with Crippen LogP contribution in [0.15, 0.2) is 48.5 Å². The Hall–Kier alpha value is -4.13. The van der Waals surface area contributed by atoms with Gasteiger partial charge in [-0.15, -0.1) is 5.10 Å². The molecule has 7 nitrogen and oxygen atoms in total. The summed E-state index contributed by atoms with van der Waals surface area (Å²) < 4.78 is 2.32. The molecule has 3 heterocycles. The smallest absolute Gasteiger partial charge is 0.172 e. The molecule has 0 bridgehead atoms. The van der Waals surface area contributed by atoms with Crippen molar-refractivity contribution in [2.24, 2.45) is 0 Å². The fourth-order valence-corrected chi connectivity index (χ4v) is 5.51. The summed E-state index contributed by atoms with van der Waals surface area (Å²) in [4.78, 5) is 9.87. The number of benzene rings is 2. The summed E-state index contributed by atoms with van der Waals surface area (Å²) in [6.07, 6.45) is 4.87. The molecule has 180 valence electrons. The molecular formula is C29H29N7. The molecule has 0 fully saturated rings. The zero-order chi connectivity index (χ0) is 24.8. The third-order valence-corrected chi connectivity index (χ3v) is 7.26. The maximum atomic E-state index is 4.97. The van der Waals surface area contributed by atoms with Crippen molar-refractivity contribution in [3.8, 4) is 0 Å². The van der Waals surface area contributed by atoms with Crippen LogP contribution in [0.1, 0.15) is 70.6 Å². The second kappa shape index (κ2) is 8.82. The fourth-order valence-electron chi connectivity index (χ4n) is 5.51. The SMILES string of the molecule is CCc1nc2c(C)cc(C)nc2n1C(C)c1ccc2c(c1)CCc1ccccc1C2=Cc1nnn[nH]1. The first-order valence-corrected chi connectivity index (χ1v) is 12.6. The first-order valence-electron chi connectivity index (χ1n) is 12.6. The van der Waals surface area contributed by atoms with E-state index in [9.17, 15) is 0 Å². The van der Waals surface area contributed by atoms with Crippen LogP contribution in [0, 0.1) is 13.8 Å². The van der Waals surface area contributed by atoms with Crippen LogP contribution in [0.5, 0.6) is 0 Å². The van der Waals surface area contributed by atoms with Crippen LogP contribution in [0.3, 0.4) is 0 Å². The predicted octanol–water partition coefficient (Wildman–Crippen LogP) is 5.42. The van der Waals surface area contributed by atoms with E-state index in [-0.39, 0.29) is 6.04 Å². The second-order valence-corrected chi connectivity index (χ2v) is 9.60. The van der Waals surface area contributed by atoms with Crippen molar-refractivity contribution in [3.63, 3.8) is 0 Å². The van der Waals surface area contributed by atoms with Crippen LogP contribution < -0.4 is 0 Å². The maximum absolute atomic E-state index is 4.97. The number of hydrogen-bond acceptors (Lipinski definition) is 5. The lowest BCUT2D eigenvalue weighted by Crippen LogP contribution is -2.12. The third-order valence-electron chi connectivity index (χ3n) is 7.26. The molecule has 0 saturated heterocycles. The predicted molar refractivity (Wildman–Crippen MR) is 142 cm³/mol. The number of H-pyrrole nitrogens is 1. The number of nitrogens with one attached hydrogen (secondary N) is 1. The third kappa shape index (κ3) is 3.71. The Morgan fingerprint density at radius 2 is 1.81 bits per heavy atom.